The molecule has 2 aromatic heterocycles. The number of piperidine rings is 1. The van der Waals surface area contributed by atoms with Crippen molar-refractivity contribution in [3.8, 4) is 5.69 Å². The van der Waals surface area contributed by atoms with Crippen LogP contribution in [0.1, 0.15) is 41.5 Å². The van der Waals surface area contributed by atoms with Gasteiger partial charge in [0.15, 0.2) is 0 Å². The van der Waals surface area contributed by atoms with E-state index in [-0.39, 0.29) is 17.0 Å². The molecule has 8 heteroatoms. The Kier molecular flexibility index (Phi) is 5.27. The molecule has 1 atom stereocenters. The minimum Gasteiger partial charge on any atom is -0.356 e. The Morgan fingerprint density at radius 3 is 2.59 bits per heavy atom. The topological polar surface area (TPSA) is 77.0 Å². The quantitative estimate of drug-likeness (QED) is 0.601. The number of nitrogens with two attached hydrogens (primary N) is 1. The Morgan fingerprint density at radius 1 is 1.12 bits per heavy atom. The highest BCUT2D eigenvalue weighted by atomic mass is 35.5. The second kappa shape index (κ2) is 7.87. The molecule has 1 aliphatic carbocycles. The van der Waals surface area contributed by atoms with Crippen LogP contribution in [0.3, 0.4) is 0 Å². The molecule has 1 saturated heterocycles. The predicted octanol–water partition coefficient (Wildman–Crippen LogP) is 4.39. The monoisotopic (exact) mass is 469 g/mol. The molecular formula is C24H25Cl2N5O. The summed E-state index contributed by atoms with van der Waals surface area (Å²) in [5.41, 5.74) is 10.0. The summed E-state index contributed by atoms with van der Waals surface area (Å²) in [6.07, 6.45) is 4.64. The van der Waals surface area contributed by atoms with Crippen LogP contribution in [0, 0.1) is 19.3 Å². The molecule has 6 nitrogen and oxygen atoms in total. The van der Waals surface area contributed by atoms with Gasteiger partial charge < -0.3 is 10.6 Å². The molecule has 0 amide bonds. The van der Waals surface area contributed by atoms with Gasteiger partial charge in [0.1, 0.15) is 11.6 Å². The van der Waals surface area contributed by atoms with Crippen LogP contribution in [0.25, 0.3) is 5.69 Å². The van der Waals surface area contributed by atoms with E-state index in [2.05, 4.69) is 16.0 Å². The third kappa shape index (κ3) is 3.24. The number of halogens is 2. The van der Waals surface area contributed by atoms with Gasteiger partial charge in [0.2, 0.25) is 0 Å². The van der Waals surface area contributed by atoms with E-state index in [9.17, 15) is 4.79 Å². The number of hydrogen-bond donors (Lipinski definition) is 1. The Balaban J connectivity index is 1.44. The van der Waals surface area contributed by atoms with Crippen molar-refractivity contribution in [3.05, 3.63) is 79.6 Å². The molecule has 3 aromatic rings. The lowest BCUT2D eigenvalue weighted by Gasteiger charge is -2.42. The van der Waals surface area contributed by atoms with Gasteiger partial charge in [-0.15, -0.1) is 0 Å². The molecule has 0 saturated carbocycles. The van der Waals surface area contributed by atoms with Crippen molar-refractivity contribution in [1.29, 1.82) is 0 Å². The van der Waals surface area contributed by atoms with Crippen LogP contribution in [0.4, 0.5) is 5.82 Å². The van der Waals surface area contributed by atoms with Gasteiger partial charge in [0.05, 0.1) is 21.3 Å². The molecule has 1 aliphatic heterocycles. The second-order valence-electron chi connectivity index (χ2n) is 8.86. The number of hydrogen-bond acceptors (Lipinski definition) is 5. The smallest absolute Gasteiger partial charge is 0.263 e. The standard InChI is InChI=1S/C24H25Cl2N5O/c1-14-22(29-15(2)31(23(14)32)19-7-3-6-17(25)20(19)26)30-11-8-24(9-12-30)13-18-16(21(24)27)5-4-10-28-18/h3-7,10,21H,8-9,11-13,27H2,1-2H3/t21-/m0/s1. The van der Waals surface area contributed by atoms with Crippen molar-refractivity contribution in [3.63, 3.8) is 0 Å². The lowest BCUT2D eigenvalue weighted by molar-refractivity contribution is 0.186. The van der Waals surface area contributed by atoms with Gasteiger partial charge in [0.25, 0.3) is 5.56 Å². The Bertz CT molecular complexity index is 1260. The molecule has 2 aliphatic rings. The first-order chi connectivity index (χ1) is 15.3. The van der Waals surface area contributed by atoms with Crippen LogP contribution in [0.5, 0.6) is 0 Å². The number of nitrogens with zero attached hydrogens (tertiary/aromatic N) is 4. The zero-order valence-corrected chi connectivity index (χ0v) is 19.6. The largest absolute Gasteiger partial charge is 0.356 e. The van der Waals surface area contributed by atoms with Gasteiger partial charge >= 0.3 is 0 Å². The highest BCUT2D eigenvalue weighted by Gasteiger charge is 2.46. The molecule has 166 valence electrons. The predicted molar refractivity (Wildman–Crippen MR) is 128 cm³/mol. The fourth-order valence-corrected chi connectivity index (χ4v) is 5.64. The normalized spacial score (nSPS) is 19.4. The van der Waals surface area contributed by atoms with E-state index in [1.807, 2.05) is 26.1 Å². The summed E-state index contributed by atoms with van der Waals surface area (Å²) in [7, 11) is 0. The molecule has 1 spiro atoms. The van der Waals surface area contributed by atoms with Crippen molar-refractivity contribution in [2.24, 2.45) is 11.1 Å². The minimum absolute atomic E-state index is 0.00196. The number of aromatic nitrogens is 3. The highest BCUT2D eigenvalue weighted by Crippen LogP contribution is 2.50. The summed E-state index contributed by atoms with van der Waals surface area (Å²) in [6.45, 7) is 5.25. The third-order valence-corrected chi connectivity index (χ3v) is 7.93. The van der Waals surface area contributed by atoms with E-state index in [0.717, 1.165) is 43.9 Å². The van der Waals surface area contributed by atoms with Crippen LogP contribution in [0.15, 0.2) is 41.3 Å². The van der Waals surface area contributed by atoms with Crippen LogP contribution < -0.4 is 16.2 Å². The molecule has 32 heavy (non-hydrogen) atoms. The summed E-state index contributed by atoms with van der Waals surface area (Å²) >= 11 is 12.6. The molecular weight excluding hydrogens is 445 g/mol. The molecule has 0 radical (unpaired) electrons. The van der Waals surface area contributed by atoms with Gasteiger partial charge in [0, 0.05) is 31.0 Å². The molecule has 5 rings (SSSR count). The summed E-state index contributed by atoms with van der Waals surface area (Å²) < 4.78 is 1.54. The van der Waals surface area contributed by atoms with E-state index in [1.165, 1.54) is 10.1 Å². The fourth-order valence-electron chi connectivity index (χ4n) is 5.26. The van der Waals surface area contributed by atoms with Gasteiger partial charge in [-0.2, -0.15) is 0 Å². The van der Waals surface area contributed by atoms with Crippen LogP contribution >= 0.6 is 23.2 Å². The SMILES string of the molecule is Cc1c(N2CCC3(CC2)Cc2ncccc2[C@@H]3N)nc(C)n(-c2cccc(Cl)c2Cl)c1=O. The molecule has 2 N–H and O–H groups in total. The number of aryl methyl sites for hydroxylation is 1. The second-order valence-corrected chi connectivity index (χ2v) is 9.65. The maximum atomic E-state index is 13.3. The van der Waals surface area contributed by atoms with Gasteiger partial charge in [-0.3, -0.25) is 14.3 Å². The van der Waals surface area contributed by atoms with Crippen LogP contribution in [-0.2, 0) is 6.42 Å². The first-order valence-corrected chi connectivity index (χ1v) is 11.6. The van der Waals surface area contributed by atoms with Crippen LogP contribution in [0.2, 0.25) is 10.0 Å². The zero-order chi connectivity index (χ0) is 22.6. The summed E-state index contributed by atoms with van der Waals surface area (Å²) in [5, 5.41) is 0.749. The van der Waals surface area contributed by atoms with Crippen molar-refractivity contribution in [2.45, 2.75) is 39.2 Å². The highest BCUT2D eigenvalue weighted by molar-refractivity contribution is 6.43. The number of anilines is 1. The van der Waals surface area contributed by atoms with Crippen molar-refractivity contribution in [1.82, 2.24) is 14.5 Å². The maximum Gasteiger partial charge on any atom is 0.263 e. The van der Waals surface area contributed by atoms with Gasteiger partial charge in [-0.1, -0.05) is 35.3 Å². The average Bonchev–Trinajstić information content (AvgIpc) is 3.06. The van der Waals surface area contributed by atoms with Crippen molar-refractivity contribution < 1.29 is 0 Å². The van der Waals surface area contributed by atoms with E-state index in [1.54, 1.807) is 18.2 Å². The first-order valence-electron chi connectivity index (χ1n) is 10.8. The van der Waals surface area contributed by atoms with Gasteiger partial charge in [-0.05, 0) is 62.3 Å². The first kappa shape index (κ1) is 21.4. The van der Waals surface area contributed by atoms with E-state index in [0.29, 0.717) is 27.1 Å². The van der Waals surface area contributed by atoms with Crippen molar-refractivity contribution >= 4 is 29.0 Å². The fraction of sp³-hybridized carbons (Fsp3) is 0.375. The number of pyridine rings is 1. The van der Waals surface area contributed by atoms with E-state index in [4.69, 9.17) is 33.9 Å². The lowest BCUT2D eigenvalue weighted by atomic mass is 9.73. The zero-order valence-electron chi connectivity index (χ0n) is 18.1. The molecule has 0 bridgehead atoms. The van der Waals surface area contributed by atoms with Crippen LogP contribution in [-0.4, -0.2) is 27.6 Å². The number of benzene rings is 1. The summed E-state index contributed by atoms with van der Waals surface area (Å²) in [4.78, 5) is 24.9. The number of rotatable bonds is 2. The molecule has 0 unspecified atom stereocenters. The van der Waals surface area contributed by atoms with Crippen molar-refractivity contribution in [2.75, 3.05) is 18.0 Å². The molecule has 1 aromatic carbocycles. The Hall–Kier alpha value is -2.41. The Morgan fingerprint density at radius 2 is 1.88 bits per heavy atom. The summed E-state index contributed by atoms with van der Waals surface area (Å²) in [5.74, 6) is 1.31. The number of fused-ring (bicyclic) bond motifs is 1. The Labute approximate surface area is 197 Å². The summed E-state index contributed by atoms with van der Waals surface area (Å²) in [6, 6.07) is 9.32. The average molecular weight is 470 g/mol. The third-order valence-electron chi connectivity index (χ3n) is 7.12. The minimum atomic E-state index is -0.133. The van der Waals surface area contributed by atoms with Gasteiger partial charge in [-0.25, -0.2) is 4.98 Å². The maximum absolute atomic E-state index is 13.3. The molecule has 3 heterocycles. The van der Waals surface area contributed by atoms with E-state index < -0.39 is 0 Å². The lowest BCUT2D eigenvalue weighted by Crippen LogP contribution is -2.45. The van der Waals surface area contributed by atoms with E-state index >= 15 is 0 Å². The molecule has 1 fully saturated rings.